The van der Waals surface area contributed by atoms with Gasteiger partial charge in [0.15, 0.2) is 5.78 Å². The lowest BCUT2D eigenvalue weighted by Gasteiger charge is -2.07. The van der Waals surface area contributed by atoms with Crippen molar-refractivity contribution in [2.75, 3.05) is 5.32 Å². The van der Waals surface area contributed by atoms with Crippen molar-refractivity contribution in [1.82, 2.24) is 0 Å². The standard InChI is InChI=1S/C16H16N2O3/c1-2-16(19)13-6-8-14(9-7-13)17-11-12-4-3-5-15(10-12)18(20)21/h3-10,17H,2,11H2,1H3. The van der Waals surface area contributed by atoms with Crippen LogP contribution in [0.3, 0.4) is 0 Å². The smallest absolute Gasteiger partial charge is 0.269 e. The number of non-ortho nitro benzene ring substituents is 1. The molecule has 0 saturated carbocycles. The second-order valence-corrected chi connectivity index (χ2v) is 4.63. The van der Waals surface area contributed by atoms with E-state index >= 15 is 0 Å². The van der Waals surface area contributed by atoms with E-state index in [1.54, 1.807) is 24.3 Å². The van der Waals surface area contributed by atoms with Crippen LogP contribution in [0.2, 0.25) is 0 Å². The van der Waals surface area contributed by atoms with Gasteiger partial charge in [-0.05, 0) is 29.8 Å². The molecule has 0 unspecified atom stereocenters. The van der Waals surface area contributed by atoms with Crippen LogP contribution in [0.15, 0.2) is 48.5 Å². The molecule has 2 rings (SSSR count). The van der Waals surface area contributed by atoms with Crippen LogP contribution in [0.25, 0.3) is 0 Å². The van der Waals surface area contributed by atoms with Crippen LogP contribution in [0.4, 0.5) is 11.4 Å². The molecule has 0 spiro atoms. The van der Waals surface area contributed by atoms with Gasteiger partial charge in [-0.2, -0.15) is 0 Å². The molecule has 5 heteroatoms. The molecule has 0 aromatic heterocycles. The van der Waals surface area contributed by atoms with E-state index < -0.39 is 4.92 Å². The predicted molar refractivity (Wildman–Crippen MR) is 81.5 cm³/mol. The monoisotopic (exact) mass is 284 g/mol. The number of Topliss-reactive ketones (excluding diaryl/α,β-unsaturated/α-hetero) is 1. The summed E-state index contributed by atoms with van der Waals surface area (Å²) in [5.74, 6) is 0.111. The Labute approximate surface area is 122 Å². The van der Waals surface area contributed by atoms with E-state index in [0.29, 0.717) is 18.5 Å². The van der Waals surface area contributed by atoms with E-state index in [1.807, 2.05) is 25.1 Å². The minimum absolute atomic E-state index is 0.0817. The number of anilines is 1. The fourth-order valence-corrected chi connectivity index (χ4v) is 1.96. The molecule has 0 radical (unpaired) electrons. The highest BCUT2D eigenvalue weighted by atomic mass is 16.6. The molecule has 0 aliphatic heterocycles. The van der Waals surface area contributed by atoms with Crippen LogP contribution in [0.5, 0.6) is 0 Å². The van der Waals surface area contributed by atoms with Gasteiger partial charge in [-0.25, -0.2) is 0 Å². The van der Waals surface area contributed by atoms with Crippen LogP contribution < -0.4 is 5.32 Å². The third-order valence-corrected chi connectivity index (χ3v) is 3.15. The second-order valence-electron chi connectivity index (χ2n) is 4.63. The third-order valence-electron chi connectivity index (χ3n) is 3.15. The van der Waals surface area contributed by atoms with Crippen molar-refractivity contribution in [2.24, 2.45) is 0 Å². The summed E-state index contributed by atoms with van der Waals surface area (Å²) in [6, 6.07) is 13.7. The van der Waals surface area contributed by atoms with Crippen LogP contribution in [0, 0.1) is 10.1 Å². The van der Waals surface area contributed by atoms with Crippen LogP contribution in [-0.4, -0.2) is 10.7 Å². The molecule has 2 aromatic carbocycles. The molecule has 21 heavy (non-hydrogen) atoms. The Morgan fingerprint density at radius 3 is 2.52 bits per heavy atom. The summed E-state index contributed by atoms with van der Waals surface area (Å²) in [6.07, 6.45) is 0.487. The Morgan fingerprint density at radius 1 is 1.19 bits per heavy atom. The fraction of sp³-hybridized carbons (Fsp3) is 0.188. The Hall–Kier alpha value is -2.69. The summed E-state index contributed by atoms with van der Waals surface area (Å²) in [4.78, 5) is 21.8. The summed E-state index contributed by atoms with van der Waals surface area (Å²) >= 11 is 0. The van der Waals surface area contributed by atoms with Crippen molar-refractivity contribution < 1.29 is 9.72 Å². The number of nitrogens with zero attached hydrogens (tertiary/aromatic N) is 1. The van der Waals surface area contributed by atoms with E-state index in [4.69, 9.17) is 0 Å². The van der Waals surface area contributed by atoms with Gasteiger partial charge in [0.05, 0.1) is 4.92 Å². The van der Waals surface area contributed by atoms with Gasteiger partial charge < -0.3 is 5.32 Å². The first kappa shape index (κ1) is 14.7. The van der Waals surface area contributed by atoms with Crippen LogP contribution >= 0.6 is 0 Å². The van der Waals surface area contributed by atoms with Crippen LogP contribution in [0.1, 0.15) is 29.3 Å². The molecule has 1 N–H and O–H groups in total. The maximum atomic E-state index is 11.5. The highest BCUT2D eigenvalue weighted by Crippen LogP contribution is 2.16. The first-order valence-electron chi connectivity index (χ1n) is 6.70. The number of nitro benzene ring substituents is 1. The van der Waals surface area contributed by atoms with Gasteiger partial charge in [0.2, 0.25) is 0 Å². The largest absolute Gasteiger partial charge is 0.381 e. The summed E-state index contributed by atoms with van der Waals surface area (Å²) in [5, 5.41) is 13.9. The molecule has 0 aliphatic rings. The van der Waals surface area contributed by atoms with Crippen molar-refractivity contribution in [3.05, 3.63) is 69.8 Å². The number of nitro groups is 1. The Morgan fingerprint density at radius 2 is 1.90 bits per heavy atom. The molecule has 0 fully saturated rings. The van der Waals surface area contributed by atoms with Gasteiger partial charge in [0.25, 0.3) is 5.69 Å². The zero-order chi connectivity index (χ0) is 15.2. The van der Waals surface area contributed by atoms with E-state index in [0.717, 1.165) is 11.3 Å². The zero-order valence-corrected chi connectivity index (χ0v) is 11.7. The molecule has 0 heterocycles. The number of carbonyl (C=O) groups is 1. The molecular formula is C16H16N2O3. The van der Waals surface area contributed by atoms with Crippen molar-refractivity contribution in [1.29, 1.82) is 0 Å². The summed E-state index contributed by atoms with van der Waals surface area (Å²) in [7, 11) is 0. The lowest BCUT2D eigenvalue weighted by Crippen LogP contribution is -2.01. The molecular weight excluding hydrogens is 268 g/mol. The van der Waals surface area contributed by atoms with Gasteiger partial charge in [0, 0.05) is 36.3 Å². The Kier molecular flexibility index (Phi) is 4.66. The maximum Gasteiger partial charge on any atom is 0.269 e. The van der Waals surface area contributed by atoms with E-state index in [-0.39, 0.29) is 11.5 Å². The highest BCUT2D eigenvalue weighted by Gasteiger charge is 2.06. The molecule has 5 nitrogen and oxygen atoms in total. The Balaban J connectivity index is 2.01. The maximum absolute atomic E-state index is 11.5. The van der Waals surface area contributed by atoms with E-state index in [1.165, 1.54) is 6.07 Å². The number of rotatable bonds is 6. The summed E-state index contributed by atoms with van der Waals surface area (Å²) < 4.78 is 0. The fourth-order valence-electron chi connectivity index (χ4n) is 1.96. The van der Waals surface area contributed by atoms with E-state index in [2.05, 4.69) is 5.32 Å². The average molecular weight is 284 g/mol. The van der Waals surface area contributed by atoms with Gasteiger partial charge in [-0.15, -0.1) is 0 Å². The minimum Gasteiger partial charge on any atom is -0.381 e. The van der Waals surface area contributed by atoms with Crippen molar-refractivity contribution >= 4 is 17.2 Å². The topological polar surface area (TPSA) is 72.2 Å². The van der Waals surface area contributed by atoms with Gasteiger partial charge in [-0.3, -0.25) is 14.9 Å². The number of benzene rings is 2. The lowest BCUT2D eigenvalue weighted by molar-refractivity contribution is -0.384. The van der Waals surface area contributed by atoms with Crippen LogP contribution in [-0.2, 0) is 6.54 Å². The summed E-state index contributed by atoms with van der Waals surface area (Å²) in [6.45, 7) is 2.32. The predicted octanol–water partition coefficient (Wildman–Crippen LogP) is 3.80. The average Bonchev–Trinajstić information content (AvgIpc) is 2.53. The van der Waals surface area contributed by atoms with Gasteiger partial charge in [0.1, 0.15) is 0 Å². The second kappa shape index (κ2) is 6.65. The highest BCUT2D eigenvalue weighted by molar-refractivity contribution is 5.96. The number of carbonyl (C=O) groups excluding carboxylic acids is 1. The van der Waals surface area contributed by atoms with Crippen molar-refractivity contribution in [3.8, 4) is 0 Å². The SMILES string of the molecule is CCC(=O)c1ccc(NCc2cccc([N+](=O)[O-])c2)cc1. The first-order chi connectivity index (χ1) is 10.1. The molecule has 0 saturated heterocycles. The molecule has 108 valence electrons. The van der Waals surface area contributed by atoms with Gasteiger partial charge in [-0.1, -0.05) is 19.1 Å². The third kappa shape index (κ3) is 3.89. The molecule has 0 aliphatic carbocycles. The number of ketones is 1. The number of nitrogens with one attached hydrogen (secondary N) is 1. The van der Waals surface area contributed by atoms with E-state index in [9.17, 15) is 14.9 Å². The Bertz CT molecular complexity index is 651. The number of hydrogen-bond donors (Lipinski definition) is 1. The number of hydrogen-bond acceptors (Lipinski definition) is 4. The first-order valence-corrected chi connectivity index (χ1v) is 6.70. The normalized spacial score (nSPS) is 10.1. The molecule has 0 atom stereocenters. The molecule has 2 aromatic rings. The molecule has 0 bridgehead atoms. The summed E-state index contributed by atoms with van der Waals surface area (Å²) in [5.41, 5.74) is 2.48. The zero-order valence-electron chi connectivity index (χ0n) is 11.7. The minimum atomic E-state index is -0.408. The van der Waals surface area contributed by atoms with Crippen molar-refractivity contribution in [2.45, 2.75) is 19.9 Å². The molecule has 0 amide bonds. The van der Waals surface area contributed by atoms with Crippen molar-refractivity contribution in [3.63, 3.8) is 0 Å². The quantitative estimate of drug-likeness (QED) is 0.497. The lowest BCUT2D eigenvalue weighted by atomic mass is 10.1. The van der Waals surface area contributed by atoms with Gasteiger partial charge >= 0.3 is 0 Å².